The van der Waals surface area contributed by atoms with Gasteiger partial charge in [-0.25, -0.2) is 0 Å². The second-order valence-corrected chi connectivity index (χ2v) is 3.76. The van der Waals surface area contributed by atoms with Crippen LogP contribution in [0.2, 0.25) is 0 Å². The van der Waals surface area contributed by atoms with Crippen LogP contribution in [0.1, 0.15) is 11.1 Å². The van der Waals surface area contributed by atoms with Crippen LogP contribution in [0.3, 0.4) is 0 Å². The molecule has 0 unspecified atom stereocenters. The summed E-state index contributed by atoms with van der Waals surface area (Å²) in [6.07, 6.45) is 2.12. The maximum atomic E-state index is 5.58. The molecule has 2 aromatic rings. The van der Waals surface area contributed by atoms with Crippen LogP contribution in [0.4, 0.5) is 0 Å². The molecule has 0 fully saturated rings. The zero-order valence-electron chi connectivity index (χ0n) is 8.75. The van der Waals surface area contributed by atoms with Crippen LogP contribution in [0.15, 0.2) is 24.4 Å². The van der Waals surface area contributed by atoms with Gasteiger partial charge in [-0.1, -0.05) is 12.1 Å². The molecule has 1 aromatic carbocycles. The lowest BCUT2D eigenvalue weighted by Crippen LogP contribution is -2.09. The summed E-state index contributed by atoms with van der Waals surface area (Å²) in [5, 5.41) is 1.35. The van der Waals surface area contributed by atoms with Crippen molar-refractivity contribution in [1.29, 1.82) is 0 Å². The molecule has 1 aromatic heterocycles. The van der Waals surface area contributed by atoms with Crippen LogP contribution in [-0.2, 0) is 6.54 Å². The molecule has 2 rings (SSSR count). The first kappa shape index (κ1) is 9.28. The SMILES string of the molecule is Cc1ccc(C)c2c1ccn2CCN. The molecule has 2 heteroatoms. The van der Waals surface area contributed by atoms with E-state index in [1.165, 1.54) is 22.0 Å². The van der Waals surface area contributed by atoms with Crippen molar-refractivity contribution in [3.8, 4) is 0 Å². The number of nitrogens with zero attached hydrogens (tertiary/aromatic N) is 1. The number of aromatic nitrogens is 1. The molecule has 2 nitrogen and oxygen atoms in total. The van der Waals surface area contributed by atoms with Gasteiger partial charge in [0.05, 0.1) is 5.52 Å². The molecule has 0 amide bonds. The van der Waals surface area contributed by atoms with Gasteiger partial charge in [-0.2, -0.15) is 0 Å². The quantitative estimate of drug-likeness (QED) is 0.769. The Morgan fingerprint density at radius 3 is 2.57 bits per heavy atom. The highest BCUT2D eigenvalue weighted by Crippen LogP contribution is 2.22. The van der Waals surface area contributed by atoms with E-state index in [4.69, 9.17) is 5.73 Å². The average Bonchev–Trinajstić information content (AvgIpc) is 2.58. The number of aryl methyl sites for hydroxylation is 2. The molecule has 0 aliphatic carbocycles. The summed E-state index contributed by atoms with van der Waals surface area (Å²) in [6.45, 7) is 5.88. The minimum Gasteiger partial charge on any atom is -0.346 e. The minimum atomic E-state index is 0.692. The number of benzene rings is 1. The van der Waals surface area contributed by atoms with Crippen LogP contribution in [0.5, 0.6) is 0 Å². The summed E-state index contributed by atoms with van der Waals surface area (Å²) in [5.74, 6) is 0. The number of fused-ring (bicyclic) bond motifs is 1. The highest BCUT2D eigenvalue weighted by molar-refractivity contribution is 5.86. The van der Waals surface area contributed by atoms with E-state index in [9.17, 15) is 0 Å². The first-order valence-corrected chi connectivity index (χ1v) is 4.99. The molecule has 0 aliphatic heterocycles. The zero-order chi connectivity index (χ0) is 10.1. The van der Waals surface area contributed by atoms with Crippen molar-refractivity contribution in [2.24, 2.45) is 5.73 Å². The van der Waals surface area contributed by atoms with E-state index in [-0.39, 0.29) is 0 Å². The van der Waals surface area contributed by atoms with E-state index < -0.39 is 0 Å². The van der Waals surface area contributed by atoms with Crippen LogP contribution in [-0.4, -0.2) is 11.1 Å². The lowest BCUT2D eigenvalue weighted by atomic mass is 10.1. The molecule has 14 heavy (non-hydrogen) atoms. The predicted octanol–water partition coefficient (Wildman–Crippen LogP) is 2.22. The number of hydrogen-bond acceptors (Lipinski definition) is 1. The lowest BCUT2D eigenvalue weighted by molar-refractivity contribution is 0.734. The summed E-state index contributed by atoms with van der Waals surface area (Å²) in [5.41, 5.74) is 9.56. The average molecular weight is 188 g/mol. The summed E-state index contributed by atoms with van der Waals surface area (Å²) in [7, 11) is 0. The topological polar surface area (TPSA) is 30.9 Å². The fourth-order valence-corrected chi connectivity index (χ4v) is 1.97. The third-order valence-electron chi connectivity index (χ3n) is 2.72. The third kappa shape index (κ3) is 1.32. The van der Waals surface area contributed by atoms with Crippen molar-refractivity contribution in [2.45, 2.75) is 20.4 Å². The minimum absolute atomic E-state index is 0.692. The Labute approximate surface area is 84.3 Å². The Morgan fingerprint density at radius 1 is 1.14 bits per heavy atom. The molecule has 0 saturated carbocycles. The van der Waals surface area contributed by atoms with Crippen molar-refractivity contribution in [3.05, 3.63) is 35.5 Å². The number of nitrogens with two attached hydrogens (primary N) is 1. The van der Waals surface area contributed by atoms with Crippen molar-refractivity contribution in [3.63, 3.8) is 0 Å². The van der Waals surface area contributed by atoms with E-state index >= 15 is 0 Å². The Kier molecular flexibility index (Phi) is 2.30. The highest BCUT2D eigenvalue weighted by atomic mass is 15.0. The van der Waals surface area contributed by atoms with Crippen LogP contribution < -0.4 is 5.73 Å². The van der Waals surface area contributed by atoms with Gasteiger partial charge in [0, 0.05) is 24.7 Å². The van der Waals surface area contributed by atoms with Crippen LogP contribution in [0.25, 0.3) is 10.9 Å². The van der Waals surface area contributed by atoms with Crippen LogP contribution in [0, 0.1) is 13.8 Å². The van der Waals surface area contributed by atoms with Crippen molar-refractivity contribution < 1.29 is 0 Å². The number of rotatable bonds is 2. The molecule has 0 aliphatic rings. The van der Waals surface area contributed by atoms with E-state index in [1.807, 2.05) is 0 Å². The van der Waals surface area contributed by atoms with E-state index in [1.54, 1.807) is 0 Å². The standard InChI is InChI=1S/C12H16N2/c1-9-3-4-10(2)12-11(9)5-7-14(12)8-6-13/h3-5,7H,6,8,13H2,1-2H3. The molecule has 1 heterocycles. The van der Waals surface area contributed by atoms with Gasteiger partial charge in [0.1, 0.15) is 0 Å². The first-order chi connectivity index (χ1) is 6.74. The summed E-state index contributed by atoms with van der Waals surface area (Å²) >= 11 is 0. The fourth-order valence-electron chi connectivity index (χ4n) is 1.97. The van der Waals surface area contributed by atoms with Crippen molar-refractivity contribution in [1.82, 2.24) is 4.57 Å². The molecule has 2 N–H and O–H groups in total. The zero-order valence-corrected chi connectivity index (χ0v) is 8.75. The molecule has 0 radical (unpaired) electrons. The van der Waals surface area contributed by atoms with Gasteiger partial charge < -0.3 is 10.3 Å². The largest absolute Gasteiger partial charge is 0.346 e. The highest BCUT2D eigenvalue weighted by Gasteiger charge is 2.04. The van der Waals surface area contributed by atoms with Crippen LogP contribution >= 0.6 is 0 Å². The van der Waals surface area contributed by atoms with Crippen molar-refractivity contribution in [2.75, 3.05) is 6.54 Å². The molecule has 0 bridgehead atoms. The molecule has 0 atom stereocenters. The Bertz CT molecular complexity index is 455. The van der Waals surface area contributed by atoms with Gasteiger partial charge in [-0.15, -0.1) is 0 Å². The molecule has 0 saturated heterocycles. The van der Waals surface area contributed by atoms with Crippen molar-refractivity contribution >= 4 is 10.9 Å². The van der Waals surface area contributed by atoms with Gasteiger partial charge >= 0.3 is 0 Å². The Morgan fingerprint density at radius 2 is 1.86 bits per heavy atom. The van der Waals surface area contributed by atoms with Gasteiger partial charge in [-0.05, 0) is 31.0 Å². The lowest BCUT2D eigenvalue weighted by Gasteiger charge is -2.06. The molecular weight excluding hydrogens is 172 g/mol. The van der Waals surface area contributed by atoms with E-state index in [0.717, 1.165) is 6.54 Å². The number of hydrogen-bond donors (Lipinski definition) is 1. The van der Waals surface area contributed by atoms with Gasteiger partial charge in [0.15, 0.2) is 0 Å². The Balaban J connectivity index is 2.70. The predicted molar refractivity (Wildman–Crippen MR) is 60.5 cm³/mol. The smallest absolute Gasteiger partial charge is 0.0513 e. The monoisotopic (exact) mass is 188 g/mol. The summed E-state index contributed by atoms with van der Waals surface area (Å²) in [4.78, 5) is 0. The van der Waals surface area contributed by atoms with Gasteiger partial charge in [-0.3, -0.25) is 0 Å². The maximum absolute atomic E-state index is 5.58. The second-order valence-electron chi connectivity index (χ2n) is 3.76. The Hall–Kier alpha value is -1.28. The maximum Gasteiger partial charge on any atom is 0.0513 e. The third-order valence-corrected chi connectivity index (χ3v) is 2.72. The fraction of sp³-hybridized carbons (Fsp3) is 0.333. The second kappa shape index (κ2) is 3.46. The van der Waals surface area contributed by atoms with Gasteiger partial charge in [0.2, 0.25) is 0 Å². The first-order valence-electron chi connectivity index (χ1n) is 4.99. The van der Waals surface area contributed by atoms with E-state index in [2.05, 4.69) is 42.8 Å². The molecule has 0 spiro atoms. The summed E-state index contributed by atoms with van der Waals surface area (Å²) in [6, 6.07) is 6.52. The molecule has 74 valence electrons. The summed E-state index contributed by atoms with van der Waals surface area (Å²) < 4.78 is 2.23. The normalized spacial score (nSPS) is 11.1. The van der Waals surface area contributed by atoms with E-state index in [0.29, 0.717) is 6.54 Å². The van der Waals surface area contributed by atoms with Gasteiger partial charge in [0.25, 0.3) is 0 Å². The molecular formula is C12H16N2.